The zero-order valence-electron chi connectivity index (χ0n) is 9.45. The van der Waals surface area contributed by atoms with Crippen molar-refractivity contribution in [3.8, 4) is 5.75 Å². The highest BCUT2D eigenvalue weighted by molar-refractivity contribution is 5.58. The van der Waals surface area contributed by atoms with Crippen LogP contribution in [0.15, 0.2) is 30.8 Å². The molecule has 0 spiro atoms. The molecule has 0 aliphatic rings. The summed E-state index contributed by atoms with van der Waals surface area (Å²) in [6.07, 6.45) is 2.20. The molecule has 0 unspecified atom stereocenters. The molecule has 0 saturated carbocycles. The van der Waals surface area contributed by atoms with Crippen molar-refractivity contribution in [2.45, 2.75) is 19.8 Å². The molecule has 0 aliphatic heterocycles. The summed E-state index contributed by atoms with van der Waals surface area (Å²) < 4.78 is 10.6. The highest BCUT2D eigenvalue weighted by Gasteiger charge is 1.99. The maximum absolute atomic E-state index is 5.51. The van der Waals surface area contributed by atoms with Crippen LogP contribution in [0.4, 0.5) is 0 Å². The first-order chi connectivity index (χ1) is 7.27. The largest absolute Gasteiger partial charge is 0.497 e. The second kappa shape index (κ2) is 6.12. The van der Waals surface area contributed by atoms with Gasteiger partial charge in [0.1, 0.15) is 11.5 Å². The third kappa shape index (κ3) is 3.66. The second-order valence-electron chi connectivity index (χ2n) is 3.35. The number of rotatable bonds is 6. The summed E-state index contributed by atoms with van der Waals surface area (Å²) >= 11 is 0. The number of hydrogen-bond acceptors (Lipinski definition) is 2. The Morgan fingerprint density at radius 3 is 2.47 bits per heavy atom. The first-order valence-corrected chi connectivity index (χ1v) is 5.24. The van der Waals surface area contributed by atoms with Gasteiger partial charge in [-0.2, -0.15) is 0 Å². The molecule has 0 aromatic heterocycles. The Balaban J connectivity index is 2.50. The summed E-state index contributed by atoms with van der Waals surface area (Å²) in [5.41, 5.74) is 1.01. The monoisotopic (exact) mass is 206 g/mol. The molecular weight excluding hydrogens is 188 g/mol. The van der Waals surface area contributed by atoms with Crippen molar-refractivity contribution in [1.29, 1.82) is 0 Å². The predicted molar refractivity (Wildman–Crippen MR) is 62.9 cm³/mol. The van der Waals surface area contributed by atoms with Crippen molar-refractivity contribution in [3.05, 3.63) is 36.4 Å². The summed E-state index contributed by atoms with van der Waals surface area (Å²) in [6.45, 7) is 6.77. The van der Waals surface area contributed by atoms with Gasteiger partial charge in [-0.15, -0.1) is 0 Å². The van der Waals surface area contributed by atoms with Crippen molar-refractivity contribution >= 4 is 5.76 Å². The van der Waals surface area contributed by atoms with Gasteiger partial charge >= 0.3 is 0 Å². The van der Waals surface area contributed by atoms with Gasteiger partial charge in [0.15, 0.2) is 0 Å². The highest BCUT2D eigenvalue weighted by atomic mass is 16.5. The Morgan fingerprint density at radius 2 is 1.93 bits per heavy atom. The molecule has 0 heterocycles. The molecule has 0 saturated heterocycles. The fraction of sp³-hybridized carbons (Fsp3) is 0.385. The normalized spacial score (nSPS) is 9.73. The minimum absolute atomic E-state index is 0.728. The quantitative estimate of drug-likeness (QED) is 0.524. The van der Waals surface area contributed by atoms with Crippen LogP contribution in [-0.2, 0) is 4.74 Å². The van der Waals surface area contributed by atoms with Gasteiger partial charge in [0.05, 0.1) is 13.7 Å². The molecule has 0 radical (unpaired) electrons. The molecule has 82 valence electrons. The Bertz CT molecular complexity index is 301. The molecular formula is C13H18O2. The molecule has 2 nitrogen and oxygen atoms in total. The van der Waals surface area contributed by atoms with E-state index in [9.17, 15) is 0 Å². The maximum Gasteiger partial charge on any atom is 0.119 e. The fourth-order valence-corrected chi connectivity index (χ4v) is 1.20. The minimum atomic E-state index is 0.728. The van der Waals surface area contributed by atoms with Crippen molar-refractivity contribution in [2.24, 2.45) is 0 Å². The number of hydrogen-bond donors (Lipinski definition) is 0. The van der Waals surface area contributed by atoms with Crippen molar-refractivity contribution < 1.29 is 9.47 Å². The van der Waals surface area contributed by atoms with Crippen LogP contribution in [0.5, 0.6) is 5.75 Å². The van der Waals surface area contributed by atoms with Gasteiger partial charge in [-0.1, -0.05) is 19.9 Å². The Morgan fingerprint density at radius 1 is 1.27 bits per heavy atom. The first-order valence-electron chi connectivity index (χ1n) is 5.24. The van der Waals surface area contributed by atoms with Crippen LogP contribution < -0.4 is 4.74 Å². The summed E-state index contributed by atoms with van der Waals surface area (Å²) in [5, 5.41) is 0. The predicted octanol–water partition coefficient (Wildman–Crippen LogP) is 3.48. The number of ether oxygens (including phenoxy) is 2. The average Bonchev–Trinajstić information content (AvgIpc) is 2.29. The van der Waals surface area contributed by atoms with E-state index in [1.54, 1.807) is 7.11 Å². The van der Waals surface area contributed by atoms with E-state index in [1.807, 2.05) is 24.3 Å². The van der Waals surface area contributed by atoms with Gasteiger partial charge in [-0.3, -0.25) is 0 Å². The van der Waals surface area contributed by atoms with Gasteiger partial charge in [0, 0.05) is 5.56 Å². The van der Waals surface area contributed by atoms with Crippen LogP contribution in [0.1, 0.15) is 25.3 Å². The zero-order valence-corrected chi connectivity index (χ0v) is 9.45. The number of benzene rings is 1. The first kappa shape index (κ1) is 11.6. The zero-order chi connectivity index (χ0) is 11.1. The van der Waals surface area contributed by atoms with Gasteiger partial charge in [0.2, 0.25) is 0 Å². The third-order valence-electron chi connectivity index (χ3n) is 2.19. The molecule has 0 N–H and O–H groups in total. The Hall–Kier alpha value is -1.44. The standard InChI is InChI=1S/C13H18O2/c1-4-5-10-15-11(2)12-6-8-13(14-3)9-7-12/h6-9H,2,4-5,10H2,1,3H3. The summed E-state index contributed by atoms with van der Waals surface area (Å²) in [4.78, 5) is 0. The number of unbranched alkanes of at least 4 members (excludes halogenated alkanes) is 1. The summed E-state index contributed by atoms with van der Waals surface area (Å²) in [5.74, 6) is 1.58. The molecule has 0 fully saturated rings. The summed E-state index contributed by atoms with van der Waals surface area (Å²) in [6, 6.07) is 7.72. The van der Waals surface area contributed by atoms with Crippen LogP contribution in [0, 0.1) is 0 Å². The third-order valence-corrected chi connectivity index (χ3v) is 2.19. The summed E-state index contributed by atoms with van der Waals surface area (Å²) in [7, 11) is 1.65. The molecule has 1 aromatic rings. The molecule has 0 bridgehead atoms. The van der Waals surface area contributed by atoms with E-state index >= 15 is 0 Å². The molecule has 0 atom stereocenters. The lowest BCUT2D eigenvalue weighted by Crippen LogP contribution is -1.93. The lowest BCUT2D eigenvalue weighted by atomic mass is 10.2. The smallest absolute Gasteiger partial charge is 0.119 e. The molecule has 2 heteroatoms. The second-order valence-corrected chi connectivity index (χ2v) is 3.35. The van der Waals surface area contributed by atoms with E-state index in [0.717, 1.165) is 36.5 Å². The Labute approximate surface area is 91.5 Å². The van der Waals surface area contributed by atoms with E-state index in [1.165, 1.54) is 0 Å². The molecule has 0 aliphatic carbocycles. The van der Waals surface area contributed by atoms with Gasteiger partial charge in [-0.05, 0) is 30.7 Å². The van der Waals surface area contributed by atoms with E-state index in [2.05, 4.69) is 13.5 Å². The van der Waals surface area contributed by atoms with Crippen LogP contribution >= 0.6 is 0 Å². The fourth-order valence-electron chi connectivity index (χ4n) is 1.20. The van der Waals surface area contributed by atoms with Gasteiger partial charge < -0.3 is 9.47 Å². The van der Waals surface area contributed by atoms with Gasteiger partial charge in [-0.25, -0.2) is 0 Å². The van der Waals surface area contributed by atoms with Crippen LogP contribution in [0.3, 0.4) is 0 Å². The van der Waals surface area contributed by atoms with E-state index < -0.39 is 0 Å². The minimum Gasteiger partial charge on any atom is -0.497 e. The maximum atomic E-state index is 5.51. The molecule has 1 rings (SSSR count). The van der Waals surface area contributed by atoms with E-state index in [0.29, 0.717) is 0 Å². The van der Waals surface area contributed by atoms with Crippen molar-refractivity contribution in [2.75, 3.05) is 13.7 Å². The number of methoxy groups -OCH3 is 1. The highest BCUT2D eigenvalue weighted by Crippen LogP contribution is 2.18. The van der Waals surface area contributed by atoms with Crippen LogP contribution in [0.2, 0.25) is 0 Å². The van der Waals surface area contributed by atoms with Crippen LogP contribution in [-0.4, -0.2) is 13.7 Å². The molecule has 15 heavy (non-hydrogen) atoms. The van der Waals surface area contributed by atoms with Crippen molar-refractivity contribution in [1.82, 2.24) is 0 Å². The van der Waals surface area contributed by atoms with Crippen molar-refractivity contribution in [3.63, 3.8) is 0 Å². The average molecular weight is 206 g/mol. The van der Waals surface area contributed by atoms with E-state index in [4.69, 9.17) is 9.47 Å². The lowest BCUT2D eigenvalue weighted by Gasteiger charge is -2.09. The topological polar surface area (TPSA) is 18.5 Å². The molecule has 1 aromatic carbocycles. The Kier molecular flexibility index (Phi) is 4.75. The van der Waals surface area contributed by atoms with Gasteiger partial charge in [0.25, 0.3) is 0 Å². The SMILES string of the molecule is C=C(OCCCC)c1ccc(OC)cc1. The van der Waals surface area contributed by atoms with Crippen LogP contribution in [0.25, 0.3) is 5.76 Å². The lowest BCUT2D eigenvalue weighted by molar-refractivity contribution is 0.271. The molecule has 0 amide bonds. The van der Waals surface area contributed by atoms with E-state index in [-0.39, 0.29) is 0 Å².